The molecule has 0 bridgehead atoms. The maximum absolute atomic E-state index is 14.2. The molecule has 12 heteroatoms. The van der Waals surface area contributed by atoms with Crippen molar-refractivity contribution in [2.75, 3.05) is 40.3 Å². The van der Waals surface area contributed by atoms with Crippen LogP contribution in [-0.2, 0) is 16.6 Å². The van der Waals surface area contributed by atoms with Gasteiger partial charge in [0.05, 0.1) is 34.6 Å². The molecule has 1 amide bonds. The molecule has 6 rings (SSSR count). The van der Waals surface area contributed by atoms with Gasteiger partial charge in [0.2, 0.25) is 10.0 Å². The second-order valence-corrected chi connectivity index (χ2v) is 15.3. The van der Waals surface area contributed by atoms with Gasteiger partial charge in [-0.15, -0.1) is 0 Å². The number of likely N-dealkylation sites (tertiary alicyclic amines) is 2. The predicted octanol–water partition coefficient (Wildman–Crippen LogP) is 6.37. The van der Waals surface area contributed by atoms with Gasteiger partial charge in [-0.25, -0.2) is 22.2 Å². The summed E-state index contributed by atoms with van der Waals surface area (Å²) in [5, 5.41) is 0. The minimum atomic E-state index is -3.88. The summed E-state index contributed by atoms with van der Waals surface area (Å²) in [7, 11) is -0.800. The van der Waals surface area contributed by atoms with E-state index in [2.05, 4.69) is 9.88 Å². The van der Waals surface area contributed by atoms with Crippen molar-refractivity contribution in [3.63, 3.8) is 0 Å². The number of rotatable bonds is 8. The Labute approximate surface area is 280 Å². The Morgan fingerprint density at radius 3 is 2.19 bits per heavy atom. The van der Waals surface area contributed by atoms with E-state index < -0.39 is 27.7 Å². The first kappa shape index (κ1) is 34.0. The number of benzene rings is 3. The number of halogens is 2. The van der Waals surface area contributed by atoms with E-state index in [1.54, 1.807) is 52.1 Å². The second-order valence-electron chi connectivity index (χ2n) is 13.4. The molecule has 256 valence electrons. The van der Waals surface area contributed by atoms with Gasteiger partial charge in [0, 0.05) is 32.2 Å². The summed E-state index contributed by atoms with van der Waals surface area (Å²) < 4.78 is 62.6. The van der Waals surface area contributed by atoms with Gasteiger partial charge in [0.15, 0.2) is 0 Å². The smallest absolute Gasteiger partial charge is 0.256 e. The number of aromatic amines is 1. The Hall–Kier alpha value is -3.87. The van der Waals surface area contributed by atoms with E-state index in [4.69, 9.17) is 9.72 Å². The Bertz CT molecular complexity index is 1900. The lowest BCUT2D eigenvalue weighted by Crippen LogP contribution is -2.48. The van der Waals surface area contributed by atoms with Crippen LogP contribution < -0.4 is 4.74 Å². The second kappa shape index (κ2) is 13.2. The molecule has 2 fully saturated rings. The Morgan fingerprint density at radius 2 is 1.58 bits per heavy atom. The number of carbonyl (C=O) groups is 1. The van der Waals surface area contributed by atoms with E-state index >= 15 is 0 Å². The highest BCUT2D eigenvalue weighted by Gasteiger charge is 2.39. The quantitative estimate of drug-likeness (QED) is 0.233. The number of nitrogens with one attached hydrogen (secondary N) is 1. The Balaban J connectivity index is 1.13. The van der Waals surface area contributed by atoms with Gasteiger partial charge >= 0.3 is 0 Å². The van der Waals surface area contributed by atoms with Crippen LogP contribution in [-0.4, -0.2) is 78.7 Å². The number of sulfonamides is 1. The number of fused-ring (bicyclic) bond motifs is 1. The molecule has 3 aromatic carbocycles. The third-order valence-electron chi connectivity index (χ3n) is 10.5. The molecule has 9 nitrogen and oxygen atoms in total. The number of hydrogen-bond donors (Lipinski definition) is 1. The number of aryl methyl sites for hydroxylation is 2. The van der Waals surface area contributed by atoms with Crippen molar-refractivity contribution in [1.29, 1.82) is 0 Å². The van der Waals surface area contributed by atoms with Crippen molar-refractivity contribution in [3.8, 4) is 5.75 Å². The lowest BCUT2D eigenvalue weighted by Gasteiger charge is -2.47. The van der Waals surface area contributed by atoms with Gasteiger partial charge in [-0.05, 0) is 112 Å². The first-order valence-corrected chi connectivity index (χ1v) is 17.8. The summed E-state index contributed by atoms with van der Waals surface area (Å²) in [6.45, 7) is 8.30. The minimum absolute atomic E-state index is 0.0868. The topological polar surface area (TPSA) is 98.8 Å². The highest BCUT2D eigenvalue weighted by molar-refractivity contribution is 7.89. The summed E-state index contributed by atoms with van der Waals surface area (Å²) in [5.74, 6) is -0.0626. The maximum Gasteiger partial charge on any atom is 0.256 e. The molecule has 0 radical (unpaired) electrons. The molecule has 2 aliphatic heterocycles. The molecule has 2 aliphatic rings. The standard InChI is InChI=1S/C36H43F2N5O4S/c1-23-20-26(47-5)21-24(2)33(23)48(45,46)41(4)25(3)34-39-31-11-6-8-27(32(31)40-34)35(44)43-18-14-36(15-19-43)12-16-42(17-13-36)22-28-29(37)9-7-10-30(28)38/h6-11,20-21,25H,12-19,22H2,1-5H3,(H,39,40). The summed E-state index contributed by atoms with van der Waals surface area (Å²) in [5.41, 5.74) is 3.10. The largest absolute Gasteiger partial charge is 0.497 e. The number of ether oxygens (including phenoxy) is 1. The van der Waals surface area contributed by atoms with Crippen LogP contribution >= 0.6 is 0 Å². The monoisotopic (exact) mass is 679 g/mol. The number of carbonyl (C=O) groups excluding carboxylic acids is 1. The number of para-hydroxylation sites is 1. The highest BCUT2D eigenvalue weighted by Crippen LogP contribution is 2.42. The van der Waals surface area contributed by atoms with Crippen LogP contribution in [0, 0.1) is 30.9 Å². The molecule has 4 aromatic rings. The minimum Gasteiger partial charge on any atom is -0.497 e. The molecule has 1 spiro atoms. The molecule has 1 N–H and O–H groups in total. The van der Waals surface area contributed by atoms with E-state index in [9.17, 15) is 22.0 Å². The zero-order chi connectivity index (χ0) is 34.4. The van der Waals surface area contributed by atoms with Gasteiger partial charge in [-0.2, -0.15) is 4.31 Å². The number of H-pyrrole nitrogens is 1. The average Bonchev–Trinajstić information content (AvgIpc) is 3.51. The fraction of sp³-hybridized carbons (Fsp3) is 0.444. The number of methoxy groups -OCH3 is 1. The SMILES string of the molecule is COc1cc(C)c(S(=O)(=O)N(C)C(C)c2nc3cccc(C(=O)N4CCC5(CCN(Cc6c(F)cccc6F)CC5)CC4)c3[nH]2)c(C)c1. The van der Waals surface area contributed by atoms with Crippen molar-refractivity contribution < 1.29 is 26.7 Å². The van der Waals surface area contributed by atoms with Crippen LogP contribution in [0.25, 0.3) is 11.0 Å². The van der Waals surface area contributed by atoms with Crippen LogP contribution in [0.15, 0.2) is 53.4 Å². The molecule has 1 unspecified atom stereocenters. The summed E-state index contributed by atoms with van der Waals surface area (Å²) >= 11 is 0. The Morgan fingerprint density at radius 1 is 1.00 bits per heavy atom. The summed E-state index contributed by atoms with van der Waals surface area (Å²) in [6, 6.07) is 12.2. The van der Waals surface area contributed by atoms with Gasteiger partial charge in [-0.3, -0.25) is 9.69 Å². The lowest BCUT2D eigenvalue weighted by molar-refractivity contribution is 0.0282. The summed E-state index contributed by atoms with van der Waals surface area (Å²) in [4.78, 5) is 26.1. The zero-order valence-corrected chi connectivity index (χ0v) is 29.0. The van der Waals surface area contributed by atoms with Gasteiger partial charge < -0.3 is 14.6 Å². The number of amides is 1. The zero-order valence-electron chi connectivity index (χ0n) is 28.1. The fourth-order valence-electron chi connectivity index (χ4n) is 7.33. The fourth-order valence-corrected chi connectivity index (χ4v) is 9.07. The van der Waals surface area contributed by atoms with Crippen LogP contribution in [0.4, 0.5) is 8.78 Å². The lowest BCUT2D eigenvalue weighted by atomic mass is 9.71. The molecule has 0 aliphatic carbocycles. The number of imidazole rings is 1. The molecule has 48 heavy (non-hydrogen) atoms. The van der Waals surface area contributed by atoms with Gasteiger partial charge in [-0.1, -0.05) is 12.1 Å². The maximum atomic E-state index is 14.2. The number of nitrogens with zero attached hydrogens (tertiary/aromatic N) is 4. The van der Waals surface area contributed by atoms with E-state index in [1.807, 2.05) is 11.0 Å². The number of aromatic nitrogens is 2. The van der Waals surface area contributed by atoms with Crippen molar-refractivity contribution >= 4 is 27.0 Å². The molecule has 2 saturated heterocycles. The van der Waals surface area contributed by atoms with E-state index in [0.717, 1.165) is 38.8 Å². The molecule has 1 atom stereocenters. The van der Waals surface area contributed by atoms with Crippen molar-refractivity contribution in [2.24, 2.45) is 5.41 Å². The third-order valence-corrected chi connectivity index (χ3v) is 12.7. The molecular weight excluding hydrogens is 636 g/mol. The van der Waals surface area contributed by atoms with E-state index in [1.165, 1.54) is 29.6 Å². The molecule has 0 saturated carbocycles. The highest BCUT2D eigenvalue weighted by atomic mass is 32.2. The predicted molar refractivity (Wildman–Crippen MR) is 180 cm³/mol. The summed E-state index contributed by atoms with van der Waals surface area (Å²) in [6.07, 6.45) is 3.59. The first-order chi connectivity index (χ1) is 22.8. The van der Waals surface area contributed by atoms with Crippen molar-refractivity contribution in [1.82, 2.24) is 24.1 Å². The third kappa shape index (κ3) is 6.33. The van der Waals surface area contributed by atoms with E-state index in [0.29, 0.717) is 52.4 Å². The van der Waals surface area contributed by atoms with Crippen LogP contribution in [0.1, 0.15) is 71.5 Å². The Kier molecular flexibility index (Phi) is 9.36. The van der Waals surface area contributed by atoms with Crippen molar-refractivity contribution in [3.05, 3.63) is 88.2 Å². The van der Waals surface area contributed by atoms with Crippen molar-refractivity contribution in [2.45, 2.75) is 63.9 Å². The average molecular weight is 680 g/mol. The van der Waals surface area contributed by atoms with E-state index in [-0.39, 0.29) is 28.3 Å². The van der Waals surface area contributed by atoms with Crippen LogP contribution in [0.3, 0.4) is 0 Å². The molecule has 1 aromatic heterocycles. The van der Waals surface area contributed by atoms with Gasteiger partial charge in [0.1, 0.15) is 23.2 Å². The van der Waals surface area contributed by atoms with Crippen LogP contribution in [0.2, 0.25) is 0 Å². The number of hydrogen-bond acceptors (Lipinski definition) is 6. The normalized spacial score (nSPS) is 17.7. The first-order valence-electron chi connectivity index (χ1n) is 16.4. The van der Waals surface area contributed by atoms with Gasteiger partial charge in [0.25, 0.3) is 5.91 Å². The number of piperidine rings is 2. The molecular formula is C36H43F2N5O4S. The molecule has 3 heterocycles. The van der Waals surface area contributed by atoms with Crippen LogP contribution in [0.5, 0.6) is 5.75 Å².